The molecular weight excluding hydrogens is 476 g/mol. The molecule has 6 heteroatoms. The Morgan fingerprint density at radius 2 is 1.38 bits per heavy atom. The zero-order chi connectivity index (χ0) is 25.3. The van der Waals surface area contributed by atoms with Gasteiger partial charge in [0, 0.05) is 5.75 Å². The minimum absolute atomic E-state index is 0.560. The first kappa shape index (κ1) is 24.4. The molecule has 1 heterocycles. The van der Waals surface area contributed by atoms with Crippen molar-refractivity contribution >= 4 is 11.8 Å². The second kappa shape index (κ2) is 11.6. The molecular formula is C31H26N4OS. The number of hydrogen-bond donors (Lipinski definition) is 0. The summed E-state index contributed by atoms with van der Waals surface area (Å²) < 4.78 is 7.79. The topological polar surface area (TPSA) is 63.7 Å². The van der Waals surface area contributed by atoms with E-state index in [2.05, 4.69) is 83.8 Å². The minimum atomic E-state index is -0.662. The molecule has 37 heavy (non-hydrogen) atoms. The maximum absolute atomic E-state index is 9.05. The van der Waals surface area contributed by atoms with Crippen LogP contribution in [0.2, 0.25) is 0 Å². The summed E-state index contributed by atoms with van der Waals surface area (Å²) in [6.07, 6.45) is 2.66. The molecule has 0 fully saturated rings. The van der Waals surface area contributed by atoms with Gasteiger partial charge in [-0.25, -0.2) is 9.67 Å². The van der Waals surface area contributed by atoms with E-state index < -0.39 is 5.54 Å². The SMILES string of the molecule is N#Cc1cccc(OCCCSc2ncn(C(c3ccccc3)(c3ccccc3)c3ccccc3)n2)c1. The summed E-state index contributed by atoms with van der Waals surface area (Å²) in [4.78, 5) is 4.68. The van der Waals surface area contributed by atoms with Crippen molar-refractivity contribution < 1.29 is 4.74 Å². The maximum Gasteiger partial charge on any atom is 0.208 e. The van der Waals surface area contributed by atoms with Crippen molar-refractivity contribution in [3.05, 3.63) is 144 Å². The van der Waals surface area contributed by atoms with Crippen molar-refractivity contribution in [1.82, 2.24) is 14.8 Å². The minimum Gasteiger partial charge on any atom is -0.494 e. The molecule has 5 rings (SSSR count). The first-order chi connectivity index (χ1) is 18.3. The van der Waals surface area contributed by atoms with Crippen LogP contribution < -0.4 is 4.74 Å². The Morgan fingerprint density at radius 3 is 1.95 bits per heavy atom. The van der Waals surface area contributed by atoms with Crippen LogP contribution in [0.5, 0.6) is 5.75 Å². The van der Waals surface area contributed by atoms with Crippen molar-refractivity contribution in [2.45, 2.75) is 17.1 Å². The Bertz CT molecular complexity index is 1370. The van der Waals surface area contributed by atoms with Gasteiger partial charge in [0.25, 0.3) is 0 Å². The van der Waals surface area contributed by atoms with Gasteiger partial charge < -0.3 is 4.74 Å². The molecule has 5 aromatic rings. The third kappa shape index (κ3) is 5.28. The highest BCUT2D eigenvalue weighted by molar-refractivity contribution is 7.99. The van der Waals surface area contributed by atoms with E-state index in [0.29, 0.717) is 17.9 Å². The molecule has 0 amide bonds. The molecule has 0 atom stereocenters. The van der Waals surface area contributed by atoms with E-state index in [-0.39, 0.29) is 0 Å². The summed E-state index contributed by atoms with van der Waals surface area (Å²) in [7, 11) is 0. The third-order valence-electron chi connectivity index (χ3n) is 6.14. The summed E-state index contributed by atoms with van der Waals surface area (Å²) >= 11 is 1.61. The molecule has 0 aliphatic rings. The number of nitrogens with zero attached hydrogens (tertiary/aromatic N) is 4. The summed E-state index contributed by atoms with van der Waals surface area (Å²) in [5.74, 6) is 1.53. The summed E-state index contributed by atoms with van der Waals surface area (Å²) in [6, 6.07) is 40.7. The van der Waals surface area contributed by atoms with E-state index in [4.69, 9.17) is 15.1 Å². The van der Waals surface area contributed by atoms with Crippen molar-refractivity contribution in [3.8, 4) is 11.8 Å². The summed E-state index contributed by atoms with van der Waals surface area (Å²) in [5, 5.41) is 14.8. The van der Waals surface area contributed by atoms with Gasteiger partial charge in [0.1, 0.15) is 17.6 Å². The monoisotopic (exact) mass is 502 g/mol. The highest BCUT2D eigenvalue weighted by atomic mass is 32.2. The van der Waals surface area contributed by atoms with Crippen LogP contribution >= 0.6 is 11.8 Å². The van der Waals surface area contributed by atoms with Crippen LogP contribution in [0.3, 0.4) is 0 Å². The maximum atomic E-state index is 9.05. The smallest absolute Gasteiger partial charge is 0.208 e. The van der Waals surface area contributed by atoms with Gasteiger partial charge in [-0.05, 0) is 41.3 Å². The molecule has 0 aliphatic carbocycles. The van der Waals surface area contributed by atoms with E-state index in [1.54, 1.807) is 23.9 Å². The largest absolute Gasteiger partial charge is 0.494 e. The number of ether oxygens (including phenoxy) is 1. The first-order valence-corrected chi connectivity index (χ1v) is 13.1. The Morgan fingerprint density at radius 1 is 0.784 bits per heavy atom. The van der Waals surface area contributed by atoms with Crippen LogP contribution in [-0.2, 0) is 5.54 Å². The van der Waals surface area contributed by atoms with Crippen LogP contribution in [0.25, 0.3) is 0 Å². The van der Waals surface area contributed by atoms with Crippen LogP contribution in [0, 0.1) is 11.3 Å². The molecule has 0 spiro atoms. The predicted octanol–water partition coefficient (Wildman–Crippen LogP) is 6.55. The lowest BCUT2D eigenvalue weighted by molar-refractivity contribution is 0.318. The Labute approximate surface area is 221 Å². The van der Waals surface area contributed by atoms with Gasteiger partial charge in [0.05, 0.1) is 18.2 Å². The van der Waals surface area contributed by atoms with E-state index in [0.717, 1.165) is 34.0 Å². The van der Waals surface area contributed by atoms with E-state index in [1.807, 2.05) is 41.3 Å². The van der Waals surface area contributed by atoms with Gasteiger partial charge in [0.15, 0.2) is 0 Å². The van der Waals surface area contributed by atoms with Crippen LogP contribution in [0.15, 0.2) is 127 Å². The zero-order valence-electron chi connectivity index (χ0n) is 20.3. The van der Waals surface area contributed by atoms with Gasteiger partial charge in [-0.2, -0.15) is 5.26 Å². The van der Waals surface area contributed by atoms with Gasteiger partial charge >= 0.3 is 0 Å². The number of thioether (sulfide) groups is 1. The number of aromatic nitrogens is 3. The Balaban J connectivity index is 1.39. The molecule has 0 aliphatic heterocycles. The van der Waals surface area contributed by atoms with Crippen molar-refractivity contribution in [2.24, 2.45) is 0 Å². The molecule has 0 radical (unpaired) electrons. The normalized spacial score (nSPS) is 11.1. The predicted molar refractivity (Wildman–Crippen MR) is 147 cm³/mol. The van der Waals surface area contributed by atoms with Gasteiger partial charge in [-0.15, -0.1) is 5.10 Å². The fourth-order valence-electron chi connectivity index (χ4n) is 4.48. The highest BCUT2D eigenvalue weighted by Gasteiger charge is 2.39. The summed E-state index contributed by atoms with van der Waals surface area (Å²) in [6.45, 7) is 0.560. The van der Waals surface area contributed by atoms with Crippen LogP contribution in [0.4, 0.5) is 0 Å². The molecule has 182 valence electrons. The zero-order valence-corrected chi connectivity index (χ0v) is 21.1. The number of hydrogen-bond acceptors (Lipinski definition) is 5. The van der Waals surface area contributed by atoms with Crippen LogP contribution in [0.1, 0.15) is 28.7 Å². The Kier molecular flexibility index (Phi) is 7.63. The lowest BCUT2D eigenvalue weighted by atomic mass is 9.77. The van der Waals surface area contributed by atoms with Crippen molar-refractivity contribution in [1.29, 1.82) is 5.26 Å². The first-order valence-electron chi connectivity index (χ1n) is 12.1. The number of benzene rings is 4. The second-order valence-electron chi connectivity index (χ2n) is 8.47. The quantitative estimate of drug-likeness (QED) is 0.123. The van der Waals surface area contributed by atoms with Crippen LogP contribution in [-0.4, -0.2) is 27.1 Å². The average Bonchev–Trinajstić information content (AvgIpc) is 3.44. The second-order valence-corrected chi connectivity index (χ2v) is 9.53. The number of nitriles is 1. The van der Waals surface area contributed by atoms with Gasteiger partial charge in [0.2, 0.25) is 5.16 Å². The lowest BCUT2D eigenvalue weighted by Crippen LogP contribution is -2.38. The lowest BCUT2D eigenvalue weighted by Gasteiger charge is -2.35. The van der Waals surface area contributed by atoms with E-state index in [1.165, 1.54) is 0 Å². The van der Waals surface area contributed by atoms with Gasteiger partial charge in [-0.1, -0.05) is 109 Å². The molecule has 5 nitrogen and oxygen atoms in total. The van der Waals surface area contributed by atoms with E-state index in [9.17, 15) is 0 Å². The molecule has 0 N–H and O–H groups in total. The molecule has 0 saturated heterocycles. The van der Waals surface area contributed by atoms with E-state index >= 15 is 0 Å². The van der Waals surface area contributed by atoms with Crippen molar-refractivity contribution in [2.75, 3.05) is 12.4 Å². The Hall–Kier alpha value is -4.34. The highest BCUT2D eigenvalue weighted by Crippen LogP contribution is 2.40. The molecule has 0 bridgehead atoms. The molecule has 0 unspecified atom stereocenters. The van der Waals surface area contributed by atoms with Crippen molar-refractivity contribution in [3.63, 3.8) is 0 Å². The third-order valence-corrected chi connectivity index (χ3v) is 7.08. The average molecular weight is 503 g/mol. The molecule has 1 aromatic heterocycles. The fraction of sp³-hybridized carbons (Fsp3) is 0.129. The van der Waals surface area contributed by atoms with Gasteiger partial charge in [-0.3, -0.25) is 0 Å². The number of rotatable bonds is 10. The molecule has 0 saturated carbocycles. The molecule has 4 aromatic carbocycles. The fourth-order valence-corrected chi connectivity index (χ4v) is 5.19. The summed E-state index contributed by atoms with van der Waals surface area (Å²) in [5.41, 5.74) is 3.27. The standard InChI is InChI=1S/C31H26N4OS/c32-23-25-12-10-19-29(22-25)36-20-11-21-37-30-33-24-35(34-30)31(26-13-4-1-5-14-26,27-15-6-2-7-16-27)28-17-8-3-9-18-28/h1-10,12-19,22,24H,11,20-21H2.